The largest absolute Gasteiger partial charge is 0.369 e. The molecule has 0 aromatic heterocycles. The zero-order valence-corrected chi connectivity index (χ0v) is 13.3. The summed E-state index contributed by atoms with van der Waals surface area (Å²) in [5, 5.41) is 7.67. The van der Waals surface area contributed by atoms with Gasteiger partial charge in [-0.15, -0.1) is 0 Å². The van der Waals surface area contributed by atoms with Crippen molar-refractivity contribution in [3.05, 3.63) is 59.1 Å². The number of fused-ring (bicyclic) bond motifs is 1. The van der Waals surface area contributed by atoms with E-state index in [0.717, 1.165) is 40.9 Å². The minimum atomic E-state index is -0.157. The fourth-order valence-corrected chi connectivity index (χ4v) is 3.09. The van der Waals surface area contributed by atoms with Crippen LogP contribution in [0.2, 0.25) is 5.02 Å². The molecule has 1 saturated heterocycles. The van der Waals surface area contributed by atoms with Crippen molar-refractivity contribution in [2.75, 3.05) is 18.4 Å². The van der Waals surface area contributed by atoms with Crippen LogP contribution < -0.4 is 21.5 Å². The van der Waals surface area contributed by atoms with E-state index in [2.05, 4.69) is 27.6 Å². The quantitative estimate of drug-likeness (QED) is 0.654. The highest BCUT2D eigenvalue weighted by atomic mass is 35.5. The molecule has 0 radical (unpaired) electrons. The SMILES string of the molecule is Clc1cccc(CNNC2=Nc3ccccc3NC23CNC3)c1. The van der Waals surface area contributed by atoms with Crippen molar-refractivity contribution in [3.63, 3.8) is 0 Å². The Morgan fingerprint density at radius 3 is 2.78 bits per heavy atom. The van der Waals surface area contributed by atoms with Gasteiger partial charge in [-0.25, -0.2) is 10.4 Å². The predicted octanol–water partition coefficient (Wildman–Crippen LogP) is 2.43. The first kappa shape index (κ1) is 14.5. The van der Waals surface area contributed by atoms with Crippen LogP contribution >= 0.6 is 11.6 Å². The molecule has 2 aliphatic heterocycles. The van der Waals surface area contributed by atoms with Gasteiger partial charge in [0.15, 0.2) is 0 Å². The number of hydrogen-bond donors (Lipinski definition) is 4. The second-order valence-corrected chi connectivity index (χ2v) is 6.33. The van der Waals surface area contributed by atoms with Crippen molar-refractivity contribution < 1.29 is 0 Å². The summed E-state index contributed by atoms with van der Waals surface area (Å²) in [5.41, 5.74) is 9.52. The van der Waals surface area contributed by atoms with Crippen LogP contribution in [0.25, 0.3) is 0 Å². The average molecular weight is 328 g/mol. The highest BCUT2D eigenvalue weighted by Crippen LogP contribution is 2.34. The van der Waals surface area contributed by atoms with Crippen molar-refractivity contribution in [2.24, 2.45) is 4.99 Å². The number of halogens is 1. The van der Waals surface area contributed by atoms with Gasteiger partial charge < -0.3 is 16.1 Å². The average Bonchev–Trinajstić information content (AvgIpc) is 2.53. The molecule has 2 aromatic rings. The zero-order chi connectivity index (χ0) is 15.7. The third kappa shape index (κ3) is 2.79. The Kier molecular flexibility index (Phi) is 3.69. The fraction of sp³-hybridized carbons (Fsp3) is 0.235. The molecule has 6 heteroatoms. The van der Waals surface area contributed by atoms with Gasteiger partial charge in [-0.2, -0.15) is 0 Å². The Bertz CT molecular complexity index is 754. The maximum absolute atomic E-state index is 6.02. The smallest absolute Gasteiger partial charge is 0.145 e. The molecular weight excluding hydrogens is 310 g/mol. The number of aliphatic imine (C=N–C) groups is 1. The van der Waals surface area contributed by atoms with Crippen LogP contribution in [0.3, 0.4) is 0 Å². The molecule has 5 nitrogen and oxygen atoms in total. The number of nitrogens with one attached hydrogen (secondary N) is 4. The second-order valence-electron chi connectivity index (χ2n) is 5.90. The molecule has 23 heavy (non-hydrogen) atoms. The molecule has 118 valence electrons. The Morgan fingerprint density at radius 1 is 1.13 bits per heavy atom. The molecule has 0 unspecified atom stereocenters. The molecule has 2 aliphatic rings. The Balaban J connectivity index is 1.49. The number of hydrazine groups is 1. The molecular formula is C17H18ClN5. The number of rotatable bonds is 3. The van der Waals surface area contributed by atoms with Gasteiger partial charge in [-0.3, -0.25) is 0 Å². The molecule has 1 fully saturated rings. The molecule has 0 bridgehead atoms. The van der Waals surface area contributed by atoms with Crippen molar-refractivity contribution in [2.45, 2.75) is 12.1 Å². The van der Waals surface area contributed by atoms with E-state index in [0.29, 0.717) is 6.54 Å². The van der Waals surface area contributed by atoms with E-state index in [9.17, 15) is 0 Å². The van der Waals surface area contributed by atoms with E-state index in [-0.39, 0.29) is 5.54 Å². The lowest BCUT2D eigenvalue weighted by atomic mass is 9.89. The van der Waals surface area contributed by atoms with Crippen molar-refractivity contribution in [1.29, 1.82) is 0 Å². The topological polar surface area (TPSA) is 60.5 Å². The van der Waals surface area contributed by atoms with E-state index >= 15 is 0 Å². The monoisotopic (exact) mass is 327 g/mol. The van der Waals surface area contributed by atoms with Gasteiger partial charge in [0.25, 0.3) is 0 Å². The lowest BCUT2D eigenvalue weighted by Crippen LogP contribution is -2.73. The summed E-state index contributed by atoms with van der Waals surface area (Å²) in [6.45, 7) is 2.38. The molecule has 0 amide bonds. The summed E-state index contributed by atoms with van der Waals surface area (Å²) in [6.07, 6.45) is 0. The van der Waals surface area contributed by atoms with E-state index in [1.165, 1.54) is 0 Å². The minimum absolute atomic E-state index is 0.157. The van der Waals surface area contributed by atoms with Crippen LogP contribution in [0.5, 0.6) is 0 Å². The van der Waals surface area contributed by atoms with Crippen molar-refractivity contribution in [3.8, 4) is 0 Å². The third-order valence-corrected chi connectivity index (χ3v) is 4.44. The Morgan fingerprint density at radius 2 is 2.00 bits per heavy atom. The van der Waals surface area contributed by atoms with Gasteiger partial charge in [-0.1, -0.05) is 35.9 Å². The molecule has 2 aromatic carbocycles. The first-order valence-electron chi connectivity index (χ1n) is 7.66. The number of nitrogens with zero attached hydrogens (tertiary/aromatic N) is 1. The lowest BCUT2D eigenvalue weighted by molar-refractivity contribution is 0.386. The highest BCUT2D eigenvalue weighted by Gasteiger charge is 2.44. The van der Waals surface area contributed by atoms with Crippen LogP contribution in [-0.4, -0.2) is 24.5 Å². The van der Waals surface area contributed by atoms with Gasteiger partial charge in [0, 0.05) is 24.7 Å². The molecule has 0 saturated carbocycles. The number of benzene rings is 2. The normalized spacial score (nSPS) is 17.7. The summed E-state index contributed by atoms with van der Waals surface area (Å²) in [7, 11) is 0. The maximum atomic E-state index is 6.02. The molecule has 1 spiro atoms. The number of amidine groups is 1. The van der Waals surface area contributed by atoms with E-state index < -0.39 is 0 Å². The summed E-state index contributed by atoms with van der Waals surface area (Å²) in [5.74, 6) is 0.914. The van der Waals surface area contributed by atoms with E-state index in [1.807, 2.05) is 42.5 Å². The standard InChI is InChI=1S/C17H18ClN5/c18-13-5-3-4-12(8-13)9-20-23-16-17(10-19-11-17)22-15-7-2-1-6-14(15)21-16/h1-8,19-20,22H,9-11H2,(H,21,23). The highest BCUT2D eigenvalue weighted by molar-refractivity contribution is 6.30. The second kappa shape index (κ2) is 5.85. The molecule has 2 heterocycles. The van der Waals surface area contributed by atoms with Crippen LogP contribution in [-0.2, 0) is 6.54 Å². The van der Waals surface area contributed by atoms with Gasteiger partial charge in [-0.05, 0) is 29.8 Å². The summed E-state index contributed by atoms with van der Waals surface area (Å²) < 4.78 is 0. The number of para-hydroxylation sites is 2. The summed E-state index contributed by atoms with van der Waals surface area (Å²) in [6, 6.07) is 15.9. The van der Waals surface area contributed by atoms with Crippen molar-refractivity contribution >= 4 is 28.8 Å². The van der Waals surface area contributed by atoms with Crippen LogP contribution in [0.1, 0.15) is 5.56 Å². The molecule has 4 rings (SSSR count). The maximum Gasteiger partial charge on any atom is 0.145 e. The lowest BCUT2D eigenvalue weighted by Gasteiger charge is -2.46. The third-order valence-electron chi connectivity index (χ3n) is 4.21. The first-order chi connectivity index (χ1) is 11.3. The number of anilines is 1. The van der Waals surface area contributed by atoms with Crippen LogP contribution in [0, 0.1) is 0 Å². The van der Waals surface area contributed by atoms with Crippen molar-refractivity contribution in [1.82, 2.24) is 16.2 Å². The van der Waals surface area contributed by atoms with Gasteiger partial charge in [0.2, 0.25) is 0 Å². The van der Waals surface area contributed by atoms with Gasteiger partial charge in [0.05, 0.1) is 11.4 Å². The Labute approximate surface area is 140 Å². The molecule has 0 aliphatic carbocycles. The Hall–Kier alpha value is -2.08. The van der Waals surface area contributed by atoms with Crippen LogP contribution in [0.15, 0.2) is 53.5 Å². The fourth-order valence-electron chi connectivity index (χ4n) is 2.88. The van der Waals surface area contributed by atoms with E-state index in [4.69, 9.17) is 16.6 Å². The first-order valence-corrected chi connectivity index (χ1v) is 8.03. The zero-order valence-electron chi connectivity index (χ0n) is 12.6. The molecule has 0 atom stereocenters. The van der Waals surface area contributed by atoms with E-state index in [1.54, 1.807) is 0 Å². The predicted molar refractivity (Wildman–Crippen MR) is 94.2 cm³/mol. The molecule has 4 N–H and O–H groups in total. The van der Waals surface area contributed by atoms with Gasteiger partial charge in [0.1, 0.15) is 11.4 Å². The van der Waals surface area contributed by atoms with Crippen LogP contribution in [0.4, 0.5) is 11.4 Å². The minimum Gasteiger partial charge on any atom is -0.369 e. The number of hydrogen-bond acceptors (Lipinski definition) is 5. The van der Waals surface area contributed by atoms with Gasteiger partial charge >= 0.3 is 0 Å². The summed E-state index contributed by atoms with van der Waals surface area (Å²) >= 11 is 6.02. The summed E-state index contributed by atoms with van der Waals surface area (Å²) in [4.78, 5) is 4.78.